The van der Waals surface area contributed by atoms with Crippen molar-refractivity contribution in [3.8, 4) is 28.7 Å². The minimum absolute atomic E-state index is 0.0864. The normalized spacial score (nSPS) is 21.2. The number of allylic oxidation sites excluding steroid dienone is 1. The van der Waals surface area contributed by atoms with Crippen molar-refractivity contribution in [2.24, 2.45) is 5.92 Å². The number of methoxy groups -OCH3 is 3. The topological polar surface area (TPSA) is 81.5 Å². The van der Waals surface area contributed by atoms with Gasteiger partial charge in [-0.1, -0.05) is 18.7 Å². The van der Waals surface area contributed by atoms with E-state index < -0.39 is 0 Å². The Bertz CT molecular complexity index is 1030. The number of fused-ring (bicyclic) bond motifs is 1. The van der Waals surface area contributed by atoms with Crippen LogP contribution in [0.4, 0.5) is 0 Å². The summed E-state index contributed by atoms with van der Waals surface area (Å²) in [4.78, 5) is 14.4. The van der Waals surface area contributed by atoms with Gasteiger partial charge in [0.1, 0.15) is 12.3 Å². The maximum atomic E-state index is 13.0. The molecule has 0 aliphatic carbocycles. The van der Waals surface area contributed by atoms with E-state index in [0.717, 1.165) is 31.8 Å². The summed E-state index contributed by atoms with van der Waals surface area (Å²) in [5, 5.41) is 12.7. The standard InChI is InChI=1S/C25H29NO6/c1-15-7-9-26(10-8-15)14-18-19(27)6-5-17-23(28)20(32-24(17)18)11-16-12-21(29-2)25(31-4)22(13-16)30-3/h5-6,11-13,15,27H,7-10,14H2,1-4H3/b20-11-. The van der Waals surface area contributed by atoms with Crippen LogP contribution in [0.25, 0.3) is 6.08 Å². The third-order valence-corrected chi connectivity index (χ3v) is 6.29. The van der Waals surface area contributed by atoms with Gasteiger partial charge in [0.05, 0.1) is 40.0 Å². The molecule has 0 aromatic heterocycles. The third kappa shape index (κ3) is 4.12. The second-order valence-electron chi connectivity index (χ2n) is 8.43. The average molecular weight is 440 g/mol. The van der Waals surface area contributed by atoms with Gasteiger partial charge in [0.15, 0.2) is 17.3 Å². The molecule has 32 heavy (non-hydrogen) atoms. The van der Waals surface area contributed by atoms with Crippen LogP contribution in [0.15, 0.2) is 30.0 Å². The van der Waals surface area contributed by atoms with Crippen molar-refractivity contribution in [3.05, 3.63) is 46.7 Å². The number of hydrogen-bond donors (Lipinski definition) is 1. The van der Waals surface area contributed by atoms with E-state index in [1.54, 1.807) is 24.3 Å². The third-order valence-electron chi connectivity index (χ3n) is 6.29. The predicted octanol–water partition coefficient (Wildman–Crippen LogP) is 2.22. The number of quaternary nitrogens is 1. The Kier molecular flexibility index (Phi) is 6.28. The van der Waals surface area contributed by atoms with Gasteiger partial charge in [0, 0.05) is 5.56 Å². The van der Waals surface area contributed by atoms with E-state index in [4.69, 9.17) is 18.9 Å². The monoisotopic (exact) mass is 439 g/mol. The van der Waals surface area contributed by atoms with Gasteiger partial charge in [-0.3, -0.25) is 4.79 Å². The van der Waals surface area contributed by atoms with E-state index in [0.29, 0.717) is 46.2 Å². The van der Waals surface area contributed by atoms with Gasteiger partial charge in [-0.05, 0) is 48.6 Å². The molecular weight excluding hydrogens is 410 g/mol. The highest BCUT2D eigenvalue weighted by molar-refractivity contribution is 6.15. The lowest BCUT2D eigenvalue weighted by atomic mass is 9.98. The molecule has 4 rings (SSSR count). The lowest BCUT2D eigenvalue weighted by molar-refractivity contribution is -0.919. The Morgan fingerprint density at radius 1 is 1.09 bits per heavy atom. The Labute approximate surface area is 188 Å². The van der Waals surface area contributed by atoms with Crippen molar-refractivity contribution in [2.75, 3.05) is 34.4 Å². The van der Waals surface area contributed by atoms with Crippen molar-refractivity contribution < 1.29 is 33.7 Å². The van der Waals surface area contributed by atoms with Gasteiger partial charge in [0.2, 0.25) is 11.5 Å². The SMILES string of the molecule is COc1cc(/C=C2\Oc3c(ccc([O-])c3C[NH+]3CCC(C)CC3)C2=O)cc(OC)c1OC. The minimum Gasteiger partial charge on any atom is -0.872 e. The molecule has 0 bridgehead atoms. The number of rotatable bonds is 6. The molecule has 1 saturated heterocycles. The molecule has 0 amide bonds. The smallest absolute Gasteiger partial charge is 0.231 e. The van der Waals surface area contributed by atoms with Crippen molar-refractivity contribution in [1.82, 2.24) is 0 Å². The highest BCUT2D eigenvalue weighted by atomic mass is 16.5. The second-order valence-corrected chi connectivity index (χ2v) is 8.43. The number of carbonyl (C=O) groups is 1. The molecular formula is C25H29NO6. The van der Waals surface area contributed by atoms with Crippen molar-refractivity contribution in [1.29, 1.82) is 0 Å². The maximum Gasteiger partial charge on any atom is 0.231 e. The van der Waals surface area contributed by atoms with Crippen LogP contribution in [0, 0.1) is 5.92 Å². The molecule has 0 radical (unpaired) electrons. The summed E-state index contributed by atoms with van der Waals surface area (Å²) in [6.07, 6.45) is 3.92. The summed E-state index contributed by atoms with van der Waals surface area (Å²) in [6, 6.07) is 6.52. The van der Waals surface area contributed by atoms with E-state index in [1.165, 1.54) is 32.3 Å². The summed E-state index contributed by atoms with van der Waals surface area (Å²) in [7, 11) is 4.60. The molecule has 1 N–H and O–H groups in total. The number of likely N-dealkylation sites (tertiary alicyclic amines) is 1. The number of hydrogen-bond acceptors (Lipinski definition) is 6. The van der Waals surface area contributed by atoms with Crippen LogP contribution in [0.2, 0.25) is 0 Å². The number of benzene rings is 2. The quantitative estimate of drug-likeness (QED) is 0.695. The first kappa shape index (κ1) is 22.0. The number of ketones is 1. The summed E-state index contributed by atoms with van der Waals surface area (Å²) >= 11 is 0. The van der Waals surface area contributed by atoms with Gasteiger partial charge in [-0.25, -0.2) is 0 Å². The molecule has 2 aromatic rings. The average Bonchev–Trinajstić information content (AvgIpc) is 3.11. The van der Waals surface area contributed by atoms with Gasteiger partial charge < -0.3 is 29.0 Å². The first-order chi connectivity index (χ1) is 15.4. The molecule has 0 unspecified atom stereocenters. The van der Waals surface area contributed by atoms with Crippen LogP contribution in [-0.4, -0.2) is 40.2 Å². The Balaban J connectivity index is 1.65. The molecule has 0 atom stereocenters. The van der Waals surface area contributed by atoms with Gasteiger partial charge in [0.25, 0.3) is 0 Å². The lowest BCUT2D eigenvalue weighted by Gasteiger charge is -2.29. The van der Waals surface area contributed by atoms with Crippen molar-refractivity contribution >= 4 is 11.9 Å². The predicted molar refractivity (Wildman–Crippen MR) is 118 cm³/mol. The second kappa shape index (κ2) is 9.12. The van der Waals surface area contributed by atoms with Crippen LogP contribution < -0.4 is 29.0 Å². The maximum absolute atomic E-state index is 13.0. The van der Waals surface area contributed by atoms with Crippen LogP contribution >= 0.6 is 0 Å². The molecule has 2 aliphatic rings. The highest BCUT2D eigenvalue weighted by Crippen LogP contribution is 2.41. The zero-order valence-electron chi connectivity index (χ0n) is 18.9. The minimum atomic E-state index is -0.239. The molecule has 2 aromatic carbocycles. The first-order valence-electron chi connectivity index (χ1n) is 10.9. The van der Waals surface area contributed by atoms with E-state index in [-0.39, 0.29) is 17.3 Å². The van der Waals surface area contributed by atoms with Crippen molar-refractivity contribution in [2.45, 2.75) is 26.3 Å². The summed E-state index contributed by atoms with van der Waals surface area (Å²) in [5.74, 6) is 2.39. The van der Waals surface area contributed by atoms with Crippen LogP contribution in [-0.2, 0) is 6.54 Å². The van der Waals surface area contributed by atoms with E-state index >= 15 is 0 Å². The largest absolute Gasteiger partial charge is 0.872 e. The number of ether oxygens (including phenoxy) is 4. The zero-order valence-corrected chi connectivity index (χ0v) is 18.9. The van der Waals surface area contributed by atoms with Crippen LogP contribution in [0.5, 0.6) is 28.7 Å². The number of nitrogens with one attached hydrogen (secondary N) is 1. The fourth-order valence-corrected chi connectivity index (χ4v) is 4.39. The van der Waals surface area contributed by atoms with Gasteiger partial charge >= 0.3 is 0 Å². The van der Waals surface area contributed by atoms with Crippen LogP contribution in [0.3, 0.4) is 0 Å². The molecule has 2 aliphatic heterocycles. The van der Waals surface area contributed by atoms with E-state index in [9.17, 15) is 9.90 Å². The molecule has 0 spiro atoms. The number of Topliss-reactive ketones (excluding diaryl/α,β-unsaturated/α-hetero) is 1. The fraction of sp³-hybridized carbons (Fsp3) is 0.400. The van der Waals surface area contributed by atoms with Gasteiger partial charge in [-0.2, -0.15) is 0 Å². The number of carbonyl (C=O) groups excluding carboxylic acids is 1. The molecule has 7 heteroatoms. The summed E-state index contributed by atoms with van der Waals surface area (Å²) in [5.41, 5.74) is 1.67. The highest BCUT2D eigenvalue weighted by Gasteiger charge is 2.32. The Hall–Kier alpha value is -3.19. The molecule has 7 nitrogen and oxygen atoms in total. The molecule has 0 saturated carbocycles. The molecule has 2 heterocycles. The van der Waals surface area contributed by atoms with Gasteiger partial charge in [-0.15, -0.1) is 0 Å². The summed E-state index contributed by atoms with van der Waals surface area (Å²) < 4.78 is 22.1. The molecule has 1 fully saturated rings. The van der Waals surface area contributed by atoms with Crippen molar-refractivity contribution in [3.63, 3.8) is 0 Å². The first-order valence-corrected chi connectivity index (χ1v) is 10.9. The number of piperidine rings is 1. The van der Waals surface area contributed by atoms with Crippen LogP contribution in [0.1, 0.15) is 41.3 Å². The zero-order chi connectivity index (χ0) is 22.8. The van der Waals surface area contributed by atoms with E-state index in [2.05, 4.69) is 6.92 Å². The summed E-state index contributed by atoms with van der Waals surface area (Å²) in [6.45, 7) is 4.87. The Morgan fingerprint density at radius 3 is 2.34 bits per heavy atom. The fourth-order valence-electron chi connectivity index (χ4n) is 4.39. The molecule has 170 valence electrons. The Morgan fingerprint density at radius 2 is 1.75 bits per heavy atom. The van der Waals surface area contributed by atoms with E-state index in [1.807, 2.05) is 0 Å². The lowest BCUT2D eigenvalue weighted by Crippen LogP contribution is -3.11.